The number of nitrogens with zero attached hydrogens (tertiary/aromatic N) is 6. The molecule has 10 N–H and O–H groups in total. The number of para-hydroxylation sites is 3. The van der Waals surface area contributed by atoms with Gasteiger partial charge in [-0.25, -0.2) is 15.0 Å². The van der Waals surface area contributed by atoms with Gasteiger partial charge in [0, 0.05) is 125 Å². The van der Waals surface area contributed by atoms with Gasteiger partial charge in [0.2, 0.25) is 0 Å². The molecule has 31 heteroatoms. The summed E-state index contributed by atoms with van der Waals surface area (Å²) < 4.78 is 137. The molecule has 0 atom stereocenters. The Bertz CT molecular complexity index is 4330. The molecule has 21 nitrogen and oxygen atoms in total. The first kappa shape index (κ1) is 79.0. The number of aromatic nitrogens is 3. The molecule has 0 aliphatic carbocycles. The lowest BCUT2D eigenvalue weighted by atomic mass is 10.1. The second-order valence-corrected chi connectivity index (χ2v) is 24.5. The summed E-state index contributed by atoms with van der Waals surface area (Å²) in [4.78, 5) is 54.3. The number of halogens is 10. The van der Waals surface area contributed by atoms with Crippen LogP contribution in [0.5, 0.6) is 0 Å². The summed E-state index contributed by atoms with van der Waals surface area (Å²) in [7, 11) is 4.35. The number of anilines is 14. The van der Waals surface area contributed by atoms with E-state index in [-0.39, 0.29) is 67.6 Å². The highest BCUT2D eigenvalue weighted by Gasteiger charge is 2.37. The van der Waals surface area contributed by atoms with E-state index in [1.165, 1.54) is 63.2 Å². The number of carbonyl (C=O) groups excluding carboxylic acids is 3. The number of amides is 3. The lowest BCUT2D eigenvalue weighted by Crippen LogP contribution is -2.36. The molecule has 12 rings (SSSR count). The maximum absolute atomic E-state index is 13.7. The van der Waals surface area contributed by atoms with Gasteiger partial charge in [0.15, 0.2) is 0 Å². The van der Waals surface area contributed by atoms with Crippen LogP contribution in [-0.2, 0) is 32.7 Å². The van der Waals surface area contributed by atoms with Crippen LogP contribution in [0.2, 0.25) is 5.15 Å². The van der Waals surface area contributed by atoms with Gasteiger partial charge < -0.3 is 77.2 Å². The number of aryl methyl sites for hydroxylation is 3. The minimum absolute atomic E-state index is 0.0899. The first-order chi connectivity index (χ1) is 50.6. The zero-order valence-corrected chi connectivity index (χ0v) is 59.3. The predicted molar refractivity (Wildman–Crippen MR) is 396 cm³/mol. The molecular weight excluding hydrogens is 1410 g/mol. The fourth-order valence-electron chi connectivity index (χ4n) is 11.2. The van der Waals surface area contributed by atoms with E-state index in [4.69, 9.17) is 31.5 Å². The van der Waals surface area contributed by atoms with Gasteiger partial charge in [-0.15, -0.1) is 0 Å². The van der Waals surface area contributed by atoms with Gasteiger partial charge in [-0.05, 0) is 135 Å². The van der Waals surface area contributed by atoms with E-state index in [1.807, 2.05) is 63.2 Å². The van der Waals surface area contributed by atoms with E-state index >= 15 is 0 Å². The molecule has 3 aliphatic heterocycles. The molecule has 106 heavy (non-hydrogen) atoms. The highest BCUT2D eigenvalue weighted by atomic mass is 35.5. The molecule has 3 saturated heterocycles. The molecule has 0 radical (unpaired) electrons. The molecule has 6 heterocycles. The van der Waals surface area contributed by atoms with Crippen molar-refractivity contribution >= 4 is 109 Å². The summed E-state index contributed by atoms with van der Waals surface area (Å²) in [6.45, 7) is 15.4. The number of nitrogens with two attached hydrogens (primary N) is 1. The van der Waals surface area contributed by atoms with Gasteiger partial charge in [0.25, 0.3) is 17.7 Å². The van der Waals surface area contributed by atoms with Crippen molar-refractivity contribution in [3.05, 3.63) is 219 Å². The predicted octanol–water partition coefficient (Wildman–Crippen LogP) is 15.5. The summed E-state index contributed by atoms with van der Waals surface area (Å²) in [5, 5.41) is 21.7. The number of rotatable bonds is 16. The third-order valence-electron chi connectivity index (χ3n) is 16.9. The van der Waals surface area contributed by atoms with Crippen molar-refractivity contribution in [2.45, 2.75) is 39.3 Å². The highest BCUT2D eigenvalue weighted by molar-refractivity contribution is 6.29. The number of nitrogen functional groups attached to an aromatic ring is 1. The topological polar surface area (TPSA) is 250 Å². The number of ether oxygens (including phenoxy) is 3. The van der Waals surface area contributed by atoms with Crippen molar-refractivity contribution in [2.24, 2.45) is 0 Å². The van der Waals surface area contributed by atoms with Crippen molar-refractivity contribution in [1.82, 2.24) is 30.9 Å². The molecule has 6 aromatic carbocycles. The van der Waals surface area contributed by atoms with Crippen LogP contribution in [0.15, 0.2) is 164 Å². The standard InChI is InChI=1S/2C25H26F3N5O2.C14H11ClF3N3O.C11H16N2O/c2*1-16-13-17(33-9-11-35-12-10-33)7-8-20(16)32-23-14-22(19(15-30-23)25(26,27)28)31-21-6-4-3-5-18(21)24(34)29-2;1-19-13(22)8-4-2-3-5-10(8)21-11-6-12(15)20-7-9(11)14(16,17)18;1-9-8-10(2-3-11(9)12)13-4-6-14-7-5-13/h2*3-8,13-15H,9-12H2,1-2H3,(H,29,34)(H2,30,31,32);2-7H,1H3,(H,19,22)(H,20,21);2-3,8H,4-7,12H2,1H3. The number of hydrogen-bond acceptors (Lipinski definition) is 18. The average Bonchev–Trinajstić information content (AvgIpc) is 0.789. The molecule has 3 aliphatic rings. The maximum atomic E-state index is 13.7. The van der Waals surface area contributed by atoms with E-state index < -0.39 is 52.9 Å². The Morgan fingerprint density at radius 2 is 0.689 bits per heavy atom. The Morgan fingerprint density at radius 3 is 1.00 bits per heavy atom. The smallest absolute Gasteiger partial charge is 0.399 e. The fraction of sp³-hybridized carbons (Fsp3) is 0.280. The van der Waals surface area contributed by atoms with Gasteiger partial charge in [-0.3, -0.25) is 14.4 Å². The minimum Gasteiger partial charge on any atom is -0.399 e. The van der Waals surface area contributed by atoms with Crippen molar-refractivity contribution < 1.29 is 68.1 Å². The Morgan fingerprint density at radius 1 is 0.387 bits per heavy atom. The number of benzene rings is 6. The highest BCUT2D eigenvalue weighted by Crippen LogP contribution is 2.42. The molecule has 9 aromatic rings. The van der Waals surface area contributed by atoms with E-state index in [2.05, 4.69) is 84.3 Å². The van der Waals surface area contributed by atoms with Gasteiger partial charge in [-0.1, -0.05) is 48.0 Å². The van der Waals surface area contributed by atoms with Gasteiger partial charge in [0.1, 0.15) is 16.8 Å². The summed E-state index contributed by atoms with van der Waals surface area (Å²) in [5.74, 6) is -0.771. The Labute approximate surface area is 611 Å². The molecule has 3 fully saturated rings. The van der Waals surface area contributed by atoms with E-state index in [0.29, 0.717) is 32.6 Å². The summed E-state index contributed by atoms with van der Waals surface area (Å²) in [5.41, 5.74) is 12.3. The largest absolute Gasteiger partial charge is 0.419 e. The molecule has 0 bridgehead atoms. The third kappa shape index (κ3) is 21.3. The van der Waals surface area contributed by atoms with Gasteiger partial charge in [0.05, 0.1) is 107 Å². The summed E-state index contributed by atoms with van der Waals surface area (Å²) in [6, 6.07) is 40.5. The Balaban J connectivity index is 0.000000172. The van der Waals surface area contributed by atoms with Gasteiger partial charge >= 0.3 is 18.5 Å². The number of morpholine rings is 3. The second-order valence-electron chi connectivity index (χ2n) is 24.1. The van der Waals surface area contributed by atoms with Crippen molar-refractivity contribution in [3.8, 4) is 0 Å². The number of pyridine rings is 3. The van der Waals surface area contributed by atoms with E-state index in [9.17, 15) is 53.9 Å². The number of nitrogens with one attached hydrogen (secondary N) is 8. The summed E-state index contributed by atoms with van der Waals surface area (Å²) in [6.07, 6.45) is -11.7. The number of carbonyl (C=O) groups is 3. The number of alkyl halides is 9. The Hall–Kier alpha value is -11.1. The lowest BCUT2D eigenvalue weighted by Gasteiger charge is -2.29. The van der Waals surface area contributed by atoms with Gasteiger partial charge in [-0.2, -0.15) is 39.5 Å². The first-order valence-electron chi connectivity index (χ1n) is 33.3. The zero-order valence-electron chi connectivity index (χ0n) is 58.6. The maximum Gasteiger partial charge on any atom is 0.419 e. The van der Waals surface area contributed by atoms with Crippen LogP contribution in [0.4, 0.5) is 119 Å². The third-order valence-corrected chi connectivity index (χ3v) is 17.1. The molecule has 3 aromatic heterocycles. The van der Waals surface area contributed by atoms with Crippen LogP contribution in [-0.4, -0.2) is 133 Å². The minimum atomic E-state index is -4.63. The van der Waals surface area contributed by atoms with Crippen LogP contribution in [0.25, 0.3) is 0 Å². The Kier molecular flexibility index (Phi) is 26.9. The van der Waals surface area contributed by atoms with Crippen LogP contribution in [0, 0.1) is 20.8 Å². The zero-order chi connectivity index (χ0) is 76.3. The lowest BCUT2D eigenvalue weighted by molar-refractivity contribution is -0.138. The van der Waals surface area contributed by atoms with E-state index in [0.717, 1.165) is 116 Å². The molecule has 0 spiro atoms. The van der Waals surface area contributed by atoms with Crippen LogP contribution in [0.1, 0.15) is 64.5 Å². The van der Waals surface area contributed by atoms with Crippen LogP contribution in [0.3, 0.4) is 0 Å². The van der Waals surface area contributed by atoms with Crippen molar-refractivity contribution in [1.29, 1.82) is 0 Å². The van der Waals surface area contributed by atoms with Crippen LogP contribution < -0.4 is 63.0 Å². The summed E-state index contributed by atoms with van der Waals surface area (Å²) >= 11 is 5.67. The first-order valence-corrected chi connectivity index (χ1v) is 33.7. The molecule has 560 valence electrons. The normalized spacial score (nSPS) is 13.8. The molecule has 3 amide bonds. The molecule has 0 saturated carbocycles. The van der Waals surface area contributed by atoms with E-state index in [1.54, 1.807) is 48.5 Å². The SMILES string of the molecule is CNC(=O)c1ccccc1Nc1cc(Cl)ncc1C(F)(F)F.CNC(=O)c1ccccc1Nc1cc(Nc2ccc(N3CCOCC3)cc2C)ncc1C(F)(F)F.CNC(=O)c1ccccc1Nc1cc(Nc2ccc(N3CCOCC3)cc2C)ncc1C(F)(F)F.Cc1cc(N2CCOCC2)ccc1N. The fourth-order valence-corrected chi connectivity index (χ4v) is 11.4. The number of hydrogen-bond donors (Lipinski definition) is 9. The average molecular weight is 1490 g/mol. The van der Waals surface area contributed by atoms with Crippen molar-refractivity contribution in [2.75, 3.05) is 147 Å². The van der Waals surface area contributed by atoms with Crippen molar-refractivity contribution in [3.63, 3.8) is 0 Å². The second kappa shape index (κ2) is 36.1. The molecular formula is C75H79ClF9N15O6. The quantitative estimate of drug-likeness (QED) is 0.0248. The monoisotopic (exact) mass is 1490 g/mol. The molecule has 0 unspecified atom stereocenters. The van der Waals surface area contributed by atoms with Crippen LogP contribution >= 0.6 is 11.6 Å².